The molecule has 0 aliphatic rings. The highest BCUT2D eigenvalue weighted by atomic mass is 16.5. The first-order chi connectivity index (χ1) is 14.4. The number of aromatic nitrogens is 2. The fraction of sp³-hybridized carbons (Fsp3) is 0.500. The van der Waals surface area contributed by atoms with Crippen LogP contribution in [0.4, 0.5) is 0 Å². The predicted octanol–water partition coefficient (Wildman–Crippen LogP) is 2.70. The molecule has 0 radical (unpaired) electrons. The topological polar surface area (TPSA) is 131 Å². The Morgan fingerprint density at radius 2 is 1.97 bits per heavy atom. The lowest BCUT2D eigenvalue weighted by molar-refractivity contribution is 0.408. The van der Waals surface area contributed by atoms with Crippen molar-refractivity contribution >= 4 is 5.96 Å². The first kappa shape index (κ1) is 25.2. The number of rotatable bonds is 10. The van der Waals surface area contributed by atoms with E-state index in [0.717, 1.165) is 24.1 Å². The maximum atomic E-state index is 12.1. The van der Waals surface area contributed by atoms with Gasteiger partial charge in [0, 0.05) is 24.8 Å². The number of nitrogens with one attached hydrogen (secondary N) is 2. The first-order valence-electron chi connectivity index (χ1n) is 10.4. The summed E-state index contributed by atoms with van der Waals surface area (Å²) >= 11 is 0. The Labute approximate surface area is 179 Å². The number of aromatic amines is 1. The van der Waals surface area contributed by atoms with Crippen LogP contribution < -0.4 is 27.1 Å². The Balaban J connectivity index is 0.000000804. The average Bonchev–Trinajstić information content (AvgIpc) is 2.71. The lowest BCUT2D eigenvalue weighted by Crippen LogP contribution is -2.23. The molecule has 0 unspecified atom stereocenters. The van der Waals surface area contributed by atoms with Crippen molar-refractivity contribution in [2.75, 3.05) is 20.2 Å². The zero-order valence-corrected chi connectivity index (χ0v) is 18.6. The fourth-order valence-electron chi connectivity index (χ4n) is 2.74. The molecule has 0 aliphatic heterocycles. The zero-order valence-electron chi connectivity index (χ0n) is 18.6. The third-order valence-corrected chi connectivity index (χ3v) is 4.35. The van der Waals surface area contributed by atoms with Crippen LogP contribution in [0, 0.1) is 6.92 Å². The SMILES string of the molecule is CCCCC.COc1cc(-c2cnc(C)[nH]c2=O)ccc1CNCCCN=C(N)N. The summed E-state index contributed by atoms with van der Waals surface area (Å²) in [4.78, 5) is 22.9. The highest BCUT2D eigenvalue weighted by Gasteiger charge is 2.09. The number of benzene rings is 1. The maximum absolute atomic E-state index is 12.1. The lowest BCUT2D eigenvalue weighted by Gasteiger charge is -2.11. The smallest absolute Gasteiger partial charge is 0.258 e. The minimum absolute atomic E-state index is 0.109. The normalized spacial score (nSPS) is 10.1. The van der Waals surface area contributed by atoms with Gasteiger partial charge in [0.05, 0.1) is 12.7 Å². The van der Waals surface area contributed by atoms with E-state index < -0.39 is 0 Å². The maximum Gasteiger partial charge on any atom is 0.258 e. The summed E-state index contributed by atoms with van der Waals surface area (Å²) in [5.41, 5.74) is 12.7. The van der Waals surface area contributed by atoms with E-state index in [1.807, 2.05) is 18.2 Å². The Bertz CT molecular complexity index is 842. The van der Waals surface area contributed by atoms with Crippen LogP contribution in [0.2, 0.25) is 0 Å². The molecule has 2 aromatic rings. The number of aryl methyl sites for hydroxylation is 1. The lowest BCUT2D eigenvalue weighted by atomic mass is 10.1. The average molecular weight is 417 g/mol. The van der Waals surface area contributed by atoms with Gasteiger partial charge in [0.1, 0.15) is 11.6 Å². The minimum atomic E-state index is -0.167. The molecular formula is C22H36N6O2. The monoisotopic (exact) mass is 416 g/mol. The van der Waals surface area contributed by atoms with Gasteiger partial charge in [-0.2, -0.15) is 0 Å². The van der Waals surface area contributed by atoms with Gasteiger partial charge in [-0.25, -0.2) is 4.98 Å². The van der Waals surface area contributed by atoms with Crippen molar-refractivity contribution in [3.8, 4) is 16.9 Å². The van der Waals surface area contributed by atoms with E-state index in [9.17, 15) is 4.79 Å². The summed E-state index contributed by atoms with van der Waals surface area (Å²) in [5, 5.41) is 3.32. The number of hydrogen-bond acceptors (Lipinski definition) is 5. The molecule has 1 aromatic carbocycles. The van der Waals surface area contributed by atoms with E-state index in [1.54, 1.807) is 20.2 Å². The van der Waals surface area contributed by atoms with Crippen LogP contribution in [0.15, 0.2) is 34.2 Å². The van der Waals surface area contributed by atoms with E-state index in [-0.39, 0.29) is 11.5 Å². The molecule has 0 fully saturated rings. The highest BCUT2D eigenvalue weighted by molar-refractivity contribution is 5.75. The van der Waals surface area contributed by atoms with Crippen LogP contribution in [-0.2, 0) is 6.54 Å². The fourth-order valence-corrected chi connectivity index (χ4v) is 2.74. The van der Waals surface area contributed by atoms with Crippen molar-refractivity contribution in [3.63, 3.8) is 0 Å². The second-order valence-corrected chi connectivity index (χ2v) is 6.93. The molecule has 0 bridgehead atoms. The van der Waals surface area contributed by atoms with Gasteiger partial charge in [0.25, 0.3) is 5.56 Å². The molecule has 0 amide bonds. The summed E-state index contributed by atoms with van der Waals surface area (Å²) in [6.45, 7) is 8.19. The third-order valence-electron chi connectivity index (χ3n) is 4.35. The number of H-pyrrole nitrogens is 1. The summed E-state index contributed by atoms with van der Waals surface area (Å²) in [5.74, 6) is 1.41. The molecule has 1 heterocycles. The molecule has 6 N–H and O–H groups in total. The van der Waals surface area contributed by atoms with Gasteiger partial charge >= 0.3 is 0 Å². The van der Waals surface area contributed by atoms with Gasteiger partial charge in [-0.05, 0) is 31.5 Å². The van der Waals surface area contributed by atoms with E-state index >= 15 is 0 Å². The molecule has 8 nitrogen and oxygen atoms in total. The van der Waals surface area contributed by atoms with Crippen LogP contribution >= 0.6 is 0 Å². The van der Waals surface area contributed by atoms with Crippen LogP contribution in [0.25, 0.3) is 11.1 Å². The van der Waals surface area contributed by atoms with Gasteiger partial charge in [0.2, 0.25) is 0 Å². The van der Waals surface area contributed by atoms with Crippen LogP contribution in [0.1, 0.15) is 50.9 Å². The zero-order chi connectivity index (χ0) is 22.4. The summed E-state index contributed by atoms with van der Waals surface area (Å²) in [7, 11) is 1.61. The Morgan fingerprint density at radius 3 is 2.53 bits per heavy atom. The van der Waals surface area contributed by atoms with Crippen LogP contribution in [-0.4, -0.2) is 36.1 Å². The number of unbranched alkanes of at least 4 members (excludes halogenated alkanes) is 2. The molecular weight excluding hydrogens is 380 g/mol. The number of guanidine groups is 1. The minimum Gasteiger partial charge on any atom is -0.496 e. The molecule has 0 atom stereocenters. The molecule has 0 saturated carbocycles. The standard InChI is InChI=1S/C17H24N6O2.C5H12/c1-11-22-10-14(16(24)23-11)12-4-5-13(15(8-12)25-2)9-20-6-3-7-21-17(18)19;1-3-5-4-2/h4-5,8,10,20H,3,6-7,9H2,1-2H3,(H4,18,19,21)(H,22,23,24);3-5H2,1-2H3. The van der Waals surface area contributed by atoms with Gasteiger partial charge in [-0.15, -0.1) is 0 Å². The van der Waals surface area contributed by atoms with Gasteiger partial charge < -0.3 is 26.5 Å². The van der Waals surface area contributed by atoms with Crippen LogP contribution in [0.3, 0.4) is 0 Å². The Kier molecular flexibility index (Phi) is 11.9. The number of nitrogens with two attached hydrogens (primary N) is 2. The second kappa shape index (κ2) is 14.2. The molecule has 8 heteroatoms. The summed E-state index contributed by atoms with van der Waals surface area (Å²) < 4.78 is 5.45. The first-order valence-corrected chi connectivity index (χ1v) is 10.4. The Morgan fingerprint density at radius 1 is 1.23 bits per heavy atom. The van der Waals surface area contributed by atoms with Crippen molar-refractivity contribution in [2.24, 2.45) is 16.5 Å². The van der Waals surface area contributed by atoms with Crippen molar-refractivity contribution < 1.29 is 4.74 Å². The van der Waals surface area contributed by atoms with Crippen LogP contribution in [0.5, 0.6) is 5.75 Å². The van der Waals surface area contributed by atoms with Crippen molar-refractivity contribution in [3.05, 3.63) is 46.1 Å². The van der Waals surface area contributed by atoms with E-state index in [0.29, 0.717) is 30.2 Å². The summed E-state index contributed by atoms with van der Waals surface area (Å²) in [6, 6.07) is 5.68. The third kappa shape index (κ3) is 9.09. The number of nitrogens with zero attached hydrogens (tertiary/aromatic N) is 2. The number of methoxy groups -OCH3 is 1. The quantitative estimate of drug-likeness (QED) is 0.267. The molecule has 0 aliphatic carbocycles. The van der Waals surface area contributed by atoms with E-state index in [4.69, 9.17) is 16.2 Å². The van der Waals surface area contributed by atoms with Gasteiger partial charge in [0.15, 0.2) is 5.96 Å². The van der Waals surface area contributed by atoms with Crippen molar-refractivity contribution in [1.82, 2.24) is 15.3 Å². The largest absolute Gasteiger partial charge is 0.496 e. The molecule has 2 rings (SSSR count). The van der Waals surface area contributed by atoms with Crippen molar-refractivity contribution in [2.45, 2.75) is 53.0 Å². The molecule has 30 heavy (non-hydrogen) atoms. The number of ether oxygens (including phenoxy) is 1. The van der Waals surface area contributed by atoms with Crippen molar-refractivity contribution in [1.29, 1.82) is 0 Å². The molecule has 0 spiro atoms. The summed E-state index contributed by atoms with van der Waals surface area (Å²) in [6.07, 6.45) is 6.49. The van der Waals surface area contributed by atoms with E-state index in [2.05, 4.69) is 34.1 Å². The predicted molar refractivity (Wildman–Crippen MR) is 124 cm³/mol. The molecule has 166 valence electrons. The second-order valence-electron chi connectivity index (χ2n) is 6.93. The number of hydrogen-bond donors (Lipinski definition) is 4. The molecule has 0 saturated heterocycles. The van der Waals surface area contributed by atoms with E-state index in [1.165, 1.54) is 19.3 Å². The molecule has 1 aromatic heterocycles. The Hall–Kier alpha value is -2.87. The van der Waals surface area contributed by atoms with Gasteiger partial charge in [-0.3, -0.25) is 9.79 Å². The van der Waals surface area contributed by atoms with Gasteiger partial charge in [-0.1, -0.05) is 45.2 Å². The highest BCUT2D eigenvalue weighted by Crippen LogP contribution is 2.25. The number of aliphatic imine (C=N–C) groups is 1.